The highest BCUT2D eigenvalue weighted by atomic mass is 16.3. The summed E-state index contributed by atoms with van der Waals surface area (Å²) in [6, 6.07) is 53.7. The van der Waals surface area contributed by atoms with Crippen LogP contribution in [0.3, 0.4) is 0 Å². The molecule has 0 atom stereocenters. The lowest BCUT2D eigenvalue weighted by molar-refractivity contribution is 0.666. The van der Waals surface area contributed by atoms with Crippen molar-refractivity contribution in [2.45, 2.75) is 0 Å². The molecule has 6 nitrogen and oxygen atoms in total. The van der Waals surface area contributed by atoms with Gasteiger partial charge in [0, 0.05) is 38.1 Å². The number of furan rings is 2. The fraction of sp³-hybridized carbons (Fsp3) is 0. The molecule has 0 aliphatic heterocycles. The van der Waals surface area contributed by atoms with Gasteiger partial charge in [0.2, 0.25) is 0 Å². The van der Waals surface area contributed by atoms with Crippen molar-refractivity contribution in [3.8, 4) is 39.9 Å². The van der Waals surface area contributed by atoms with E-state index >= 15 is 0 Å². The third-order valence-electron chi connectivity index (χ3n) is 9.86. The van der Waals surface area contributed by atoms with Gasteiger partial charge in [-0.3, -0.25) is 0 Å². The molecule has 7 aromatic carbocycles. The molecule has 0 saturated heterocycles. The quantitative estimate of drug-likeness (QED) is 0.189. The summed E-state index contributed by atoms with van der Waals surface area (Å²) >= 11 is 0. The van der Waals surface area contributed by atoms with Crippen molar-refractivity contribution in [3.05, 3.63) is 158 Å². The van der Waals surface area contributed by atoms with Gasteiger partial charge in [-0.2, -0.15) is 0 Å². The molecule has 0 spiro atoms. The van der Waals surface area contributed by atoms with E-state index in [0.29, 0.717) is 17.5 Å². The average Bonchev–Trinajstić information content (AvgIpc) is 3.88. The highest BCUT2D eigenvalue weighted by molar-refractivity contribution is 6.25. The Hall–Kier alpha value is -7.05. The predicted molar refractivity (Wildman–Crippen MR) is 205 cm³/mol. The lowest BCUT2D eigenvalue weighted by atomic mass is 10.1. The van der Waals surface area contributed by atoms with Crippen molar-refractivity contribution in [2.24, 2.45) is 0 Å². The highest BCUT2D eigenvalue weighted by Gasteiger charge is 2.23. The van der Waals surface area contributed by atoms with Crippen molar-refractivity contribution in [1.82, 2.24) is 19.5 Å². The lowest BCUT2D eigenvalue weighted by Gasteiger charge is -2.09. The van der Waals surface area contributed by atoms with Gasteiger partial charge in [0.1, 0.15) is 16.7 Å². The molecular weight excluding hydrogens is 629 g/mol. The van der Waals surface area contributed by atoms with E-state index in [9.17, 15) is 0 Å². The summed E-state index contributed by atoms with van der Waals surface area (Å²) in [6.07, 6.45) is 0. The molecule has 51 heavy (non-hydrogen) atoms. The first-order valence-electron chi connectivity index (χ1n) is 17.0. The van der Waals surface area contributed by atoms with Crippen LogP contribution in [0.5, 0.6) is 0 Å². The Morgan fingerprint density at radius 3 is 1.76 bits per heavy atom. The van der Waals surface area contributed by atoms with Gasteiger partial charge in [-0.25, -0.2) is 15.0 Å². The SMILES string of the molecule is c1ccc(-c2nc(-c3ccccc3)nc(-c3cccc4c3oc3c(-n5c6ccccc6c6ccc7oc8ccccc8c7c65)cccc34)n2)cc1. The molecule has 0 fully saturated rings. The topological polar surface area (TPSA) is 69.9 Å². The van der Waals surface area contributed by atoms with E-state index < -0.39 is 0 Å². The molecule has 0 bridgehead atoms. The standard InChI is InChI=1S/C45H26N4O2/c1-3-13-27(14-4-1)43-46-44(28-15-5-2-6-16-28)48-45(47-43)34-21-11-19-31-32-20-12-23-36(42(32)51-41(31)34)49-35-22-9-7-17-29(35)30-25-26-38-39(40(30)49)33-18-8-10-24-37(33)50-38/h1-26H. The van der Waals surface area contributed by atoms with Crippen LogP contribution in [0.4, 0.5) is 0 Å². The number of hydrogen-bond donors (Lipinski definition) is 0. The van der Waals surface area contributed by atoms with Gasteiger partial charge in [0.05, 0.1) is 27.7 Å². The van der Waals surface area contributed by atoms with Gasteiger partial charge in [-0.1, -0.05) is 121 Å². The Kier molecular flexibility index (Phi) is 5.86. The normalized spacial score (nSPS) is 11.9. The summed E-state index contributed by atoms with van der Waals surface area (Å²) in [6.45, 7) is 0. The minimum absolute atomic E-state index is 0.553. The maximum atomic E-state index is 7.02. The number of aromatic nitrogens is 4. The van der Waals surface area contributed by atoms with Gasteiger partial charge in [0.25, 0.3) is 0 Å². The van der Waals surface area contributed by atoms with E-state index in [1.54, 1.807) is 0 Å². The minimum Gasteiger partial charge on any atom is -0.456 e. The van der Waals surface area contributed by atoms with Crippen LogP contribution in [-0.2, 0) is 0 Å². The van der Waals surface area contributed by atoms with Crippen LogP contribution in [0.25, 0.3) is 106 Å². The van der Waals surface area contributed by atoms with Crippen LogP contribution in [0.15, 0.2) is 167 Å². The fourth-order valence-electron chi connectivity index (χ4n) is 7.60. The molecule has 0 radical (unpaired) electrons. The van der Waals surface area contributed by atoms with E-state index in [0.717, 1.165) is 82.7 Å². The van der Waals surface area contributed by atoms with Crippen molar-refractivity contribution >= 4 is 65.7 Å². The zero-order chi connectivity index (χ0) is 33.5. The average molecular weight is 655 g/mol. The van der Waals surface area contributed by atoms with E-state index in [-0.39, 0.29) is 0 Å². The fourth-order valence-corrected chi connectivity index (χ4v) is 7.60. The molecule has 0 aliphatic carbocycles. The van der Waals surface area contributed by atoms with Gasteiger partial charge in [-0.05, 0) is 36.4 Å². The number of hydrogen-bond acceptors (Lipinski definition) is 5. The molecular formula is C45H26N4O2. The molecule has 0 amide bonds. The van der Waals surface area contributed by atoms with Crippen molar-refractivity contribution in [2.75, 3.05) is 0 Å². The summed E-state index contributed by atoms with van der Waals surface area (Å²) in [7, 11) is 0. The monoisotopic (exact) mass is 654 g/mol. The summed E-state index contributed by atoms with van der Waals surface area (Å²) in [5.41, 5.74) is 9.00. The Morgan fingerprint density at radius 1 is 0.392 bits per heavy atom. The largest absolute Gasteiger partial charge is 0.456 e. The Balaban J connectivity index is 1.21. The number of fused-ring (bicyclic) bond motifs is 10. The Labute approximate surface area is 290 Å². The van der Waals surface area contributed by atoms with Crippen molar-refractivity contribution in [1.29, 1.82) is 0 Å². The van der Waals surface area contributed by atoms with Crippen LogP contribution in [0, 0.1) is 0 Å². The molecule has 238 valence electrons. The Bertz CT molecular complexity index is 3080. The third kappa shape index (κ3) is 4.14. The minimum atomic E-state index is 0.553. The number of para-hydroxylation sites is 4. The zero-order valence-electron chi connectivity index (χ0n) is 27.1. The zero-order valence-corrected chi connectivity index (χ0v) is 27.1. The second-order valence-electron chi connectivity index (χ2n) is 12.8. The van der Waals surface area contributed by atoms with Crippen LogP contribution in [0.2, 0.25) is 0 Å². The van der Waals surface area contributed by atoms with E-state index in [1.165, 1.54) is 5.39 Å². The first-order valence-corrected chi connectivity index (χ1v) is 17.0. The molecule has 4 aromatic heterocycles. The van der Waals surface area contributed by atoms with Crippen LogP contribution < -0.4 is 0 Å². The first-order chi connectivity index (χ1) is 25.3. The predicted octanol–water partition coefficient (Wildman–Crippen LogP) is 11.8. The highest BCUT2D eigenvalue weighted by Crippen LogP contribution is 2.44. The molecule has 11 rings (SSSR count). The lowest BCUT2D eigenvalue weighted by Crippen LogP contribution is -2.00. The number of nitrogens with zero attached hydrogens (tertiary/aromatic N) is 4. The maximum absolute atomic E-state index is 7.02. The second-order valence-corrected chi connectivity index (χ2v) is 12.8. The van der Waals surface area contributed by atoms with Crippen LogP contribution >= 0.6 is 0 Å². The molecule has 0 saturated carbocycles. The van der Waals surface area contributed by atoms with Gasteiger partial charge < -0.3 is 13.4 Å². The number of rotatable bonds is 4. The van der Waals surface area contributed by atoms with Crippen LogP contribution in [0.1, 0.15) is 0 Å². The van der Waals surface area contributed by atoms with Gasteiger partial charge in [0.15, 0.2) is 23.1 Å². The Morgan fingerprint density at radius 2 is 1.00 bits per heavy atom. The molecule has 6 heteroatoms. The van der Waals surface area contributed by atoms with Gasteiger partial charge >= 0.3 is 0 Å². The smallest absolute Gasteiger partial charge is 0.167 e. The summed E-state index contributed by atoms with van der Waals surface area (Å²) < 4.78 is 15.7. The van der Waals surface area contributed by atoms with Gasteiger partial charge in [-0.15, -0.1) is 0 Å². The third-order valence-corrected chi connectivity index (χ3v) is 9.86. The van der Waals surface area contributed by atoms with E-state index in [2.05, 4.69) is 83.4 Å². The molecule has 0 N–H and O–H groups in total. The first kappa shape index (κ1) is 27.9. The van der Waals surface area contributed by atoms with E-state index in [1.807, 2.05) is 78.9 Å². The maximum Gasteiger partial charge on any atom is 0.167 e. The van der Waals surface area contributed by atoms with Crippen LogP contribution in [-0.4, -0.2) is 19.5 Å². The van der Waals surface area contributed by atoms with E-state index in [4.69, 9.17) is 23.8 Å². The molecule has 0 unspecified atom stereocenters. The molecule has 4 heterocycles. The summed E-state index contributed by atoms with van der Waals surface area (Å²) in [4.78, 5) is 15.0. The summed E-state index contributed by atoms with van der Waals surface area (Å²) in [5.74, 6) is 1.77. The second kappa shape index (κ2) is 10.7. The summed E-state index contributed by atoms with van der Waals surface area (Å²) in [5, 5.41) is 6.50. The van der Waals surface area contributed by atoms with Crippen molar-refractivity contribution in [3.63, 3.8) is 0 Å². The molecule has 0 aliphatic rings. The molecule has 11 aromatic rings. The number of benzene rings is 7. The van der Waals surface area contributed by atoms with Crippen molar-refractivity contribution < 1.29 is 8.83 Å².